The van der Waals surface area contributed by atoms with Crippen molar-refractivity contribution in [3.63, 3.8) is 0 Å². The Morgan fingerprint density at radius 1 is 1.18 bits per heavy atom. The summed E-state index contributed by atoms with van der Waals surface area (Å²) in [5, 5.41) is 50.1. The highest BCUT2D eigenvalue weighted by Crippen LogP contribution is 2.39. The summed E-state index contributed by atoms with van der Waals surface area (Å²) < 4.78 is 5.10. The van der Waals surface area contributed by atoms with Crippen molar-refractivity contribution in [1.29, 1.82) is 0 Å². The maximum Gasteiger partial charge on any atom is 0.193 e. The van der Waals surface area contributed by atoms with E-state index in [1.807, 2.05) is 0 Å². The number of benzene rings is 2. The van der Waals surface area contributed by atoms with Gasteiger partial charge in [0.15, 0.2) is 5.78 Å². The number of ether oxygens (including phenoxy) is 1. The molecule has 0 aromatic heterocycles. The zero-order chi connectivity index (χ0) is 21.1. The number of aliphatic hydroxyl groups is 2. The van der Waals surface area contributed by atoms with Crippen LogP contribution in [-0.4, -0.2) is 50.1 Å². The Morgan fingerprint density at radius 3 is 2.32 bits per heavy atom. The molecule has 0 unspecified atom stereocenters. The standard InChI is InChI=1S/C21H24O7/c1-21(2,27)18(25)10-14-16(24)11-17(28-3)19(20(14)26)15(23)9-6-12-4-7-13(22)8-5-12/h4-9,11,18,22,24-27H,10H2,1-3H3/b9-6+/t18-/m1/s1. The molecular formula is C21H24O7. The van der Waals surface area contributed by atoms with E-state index in [0.717, 1.165) is 0 Å². The lowest BCUT2D eigenvalue weighted by molar-refractivity contribution is -0.0473. The summed E-state index contributed by atoms with van der Waals surface area (Å²) in [7, 11) is 1.29. The minimum absolute atomic E-state index is 0.0307. The number of allylic oxidation sites excluding steroid dienone is 1. The first-order chi connectivity index (χ1) is 13.0. The molecule has 0 aliphatic carbocycles. The summed E-state index contributed by atoms with van der Waals surface area (Å²) in [4.78, 5) is 12.7. The van der Waals surface area contributed by atoms with Crippen molar-refractivity contribution in [2.45, 2.75) is 32.0 Å². The molecule has 2 aromatic rings. The van der Waals surface area contributed by atoms with Crippen LogP contribution in [0.4, 0.5) is 0 Å². The molecule has 2 rings (SSSR count). The molecule has 7 nitrogen and oxygen atoms in total. The van der Waals surface area contributed by atoms with E-state index in [1.54, 1.807) is 12.1 Å². The van der Waals surface area contributed by atoms with E-state index in [0.29, 0.717) is 5.56 Å². The van der Waals surface area contributed by atoms with Gasteiger partial charge in [-0.15, -0.1) is 0 Å². The SMILES string of the molecule is COc1cc(O)c(C[C@@H](O)C(C)(C)O)c(O)c1C(=O)/C=C/c1ccc(O)cc1. The smallest absolute Gasteiger partial charge is 0.193 e. The van der Waals surface area contributed by atoms with Crippen LogP contribution in [0.2, 0.25) is 0 Å². The van der Waals surface area contributed by atoms with Gasteiger partial charge < -0.3 is 30.3 Å². The van der Waals surface area contributed by atoms with Crippen LogP contribution in [-0.2, 0) is 6.42 Å². The molecule has 150 valence electrons. The van der Waals surface area contributed by atoms with Crippen molar-refractivity contribution in [2.75, 3.05) is 7.11 Å². The molecule has 28 heavy (non-hydrogen) atoms. The Kier molecular flexibility index (Phi) is 6.33. The number of phenolic OH excluding ortho intramolecular Hbond substituents is 3. The van der Waals surface area contributed by atoms with E-state index < -0.39 is 23.2 Å². The average Bonchev–Trinajstić information content (AvgIpc) is 2.62. The summed E-state index contributed by atoms with van der Waals surface area (Å²) in [5.74, 6) is -1.41. The van der Waals surface area contributed by atoms with Crippen molar-refractivity contribution < 1.29 is 35.1 Å². The molecule has 5 N–H and O–H groups in total. The van der Waals surface area contributed by atoms with E-state index in [9.17, 15) is 30.3 Å². The van der Waals surface area contributed by atoms with Crippen molar-refractivity contribution in [2.24, 2.45) is 0 Å². The maximum atomic E-state index is 12.7. The minimum atomic E-state index is -1.47. The van der Waals surface area contributed by atoms with Crippen LogP contribution < -0.4 is 4.74 Å². The summed E-state index contributed by atoms with van der Waals surface area (Å²) in [6.07, 6.45) is 1.16. The molecule has 0 aliphatic heterocycles. The molecule has 0 aliphatic rings. The van der Waals surface area contributed by atoms with Gasteiger partial charge in [0.1, 0.15) is 28.6 Å². The Hall–Kier alpha value is -3.03. The fourth-order valence-corrected chi connectivity index (χ4v) is 2.56. The minimum Gasteiger partial charge on any atom is -0.508 e. The van der Waals surface area contributed by atoms with Crippen LogP contribution in [0.1, 0.15) is 35.3 Å². The Morgan fingerprint density at radius 2 is 1.79 bits per heavy atom. The molecule has 0 fully saturated rings. The molecule has 1 atom stereocenters. The molecule has 0 radical (unpaired) electrons. The molecule has 0 spiro atoms. The van der Waals surface area contributed by atoms with Crippen LogP contribution in [0.5, 0.6) is 23.0 Å². The van der Waals surface area contributed by atoms with Crippen LogP contribution >= 0.6 is 0 Å². The lowest BCUT2D eigenvalue weighted by Gasteiger charge is -2.25. The highest BCUT2D eigenvalue weighted by atomic mass is 16.5. The molecule has 0 heterocycles. The third kappa shape index (κ3) is 4.82. The van der Waals surface area contributed by atoms with E-state index in [-0.39, 0.29) is 34.8 Å². The van der Waals surface area contributed by atoms with Gasteiger partial charge in [0, 0.05) is 18.1 Å². The summed E-state index contributed by atoms with van der Waals surface area (Å²) in [6.45, 7) is 2.78. The maximum absolute atomic E-state index is 12.7. The Bertz CT molecular complexity index is 877. The molecule has 0 saturated carbocycles. The molecule has 0 bridgehead atoms. The lowest BCUT2D eigenvalue weighted by Crippen LogP contribution is -2.37. The van der Waals surface area contributed by atoms with Gasteiger partial charge in [-0.2, -0.15) is 0 Å². The van der Waals surface area contributed by atoms with Gasteiger partial charge in [0.2, 0.25) is 0 Å². The van der Waals surface area contributed by atoms with Gasteiger partial charge in [0.05, 0.1) is 18.8 Å². The van der Waals surface area contributed by atoms with Crippen molar-refractivity contribution in [3.05, 3.63) is 53.1 Å². The monoisotopic (exact) mass is 388 g/mol. The Balaban J connectivity index is 2.42. The van der Waals surface area contributed by atoms with E-state index in [4.69, 9.17) is 4.74 Å². The average molecular weight is 388 g/mol. The molecule has 0 saturated heterocycles. The highest BCUT2D eigenvalue weighted by molar-refractivity contribution is 6.11. The second-order valence-electron chi connectivity index (χ2n) is 6.96. The Labute approximate surface area is 162 Å². The number of methoxy groups -OCH3 is 1. The number of carbonyl (C=O) groups is 1. The summed E-state index contributed by atoms with van der Waals surface area (Å²) in [5.41, 5.74) is -1.06. The van der Waals surface area contributed by atoms with Crippen molar-refractivity contribution in [3.8, 4) is 23.0 Å². The van der Waals surface area contributed by atoms with Gasteiger partial charge in [0.25, 0.3) is 0 Å². The number of ketones is 1. The normalized spacial score (nSPS) is 12.9. The molecular weight excluding hydrogens is 364 g/mol. The van der Waals surface area contributed by atoms with Gasteiger partial charge in [-0.05, 0) is 37.6 Å². The fraction of sp³-hybridized carbons (Fsp3) is 0.286. The lowest BCUT2D eigenvalue weighted by atomic mass is 9.92. The van der Waals surface area contributed by atoms with Gasteiger partial charge >= 0.3 is 0 Å². The summed E-state index contributed by atoms with van der Waals surface area (Å²) in [6, 6.07) is 7.34. The first-order valence-corrected chi connectivity index (χ1v) is 8.58. The first-order valence-electron chi connectivity index (χ1n) is 8.58. The van der Waals surface area contributed by atoms with E-state index >= 15 is 0 Å². The third-order valence-electron chi connectivity index (χ3n) is 4.35. The summed E-state index contributed by atoms with van der Waals surface area (Å²) >= 11 is 0. The zero-order valence-electron chi connectivity index (χ0n) is 15.9. The van der Waals surface area contributed by atoms with Crippen LogP contribution in [0.25, 0.3) is 6.08 Å². The number of hydrogen-bond donors (Lipinski definition) is 5. The molecule has 2 aromatic carbocycles. The van der Waals surface area contributed by atoms with Gasteiger partial charge in [-0.3, -0.25) is 4.79 Å². The van der Waals surface area contributed by atoms with Gasteiger partial charge in [-0.25, -0.2) is 0 Å². The quantitative estimate of drug-likeness (QED) is 0.364. The van der Waals surface area contributed by atoms with Crippen molar-refractivity contribution >= 4 is 11.9 Å². The molecule has 0 amide bonds. The third-order valence-corrected chi connectivity index (χ3v) is 4.35. The number of rotatable bonds is 7. The van der Waals surface area contributed by atoms with Crippen LogP contribution in [0.3, 0.4) is 0 Å². The number of carbonyl (C=O) groups excluding carboxylic acids is 1. The first kappa shape index (κ1) is 21.3. The number of hydrogen-bond acceptors (Lipinski definition) is 7. The highest BCUT2D eigenvalue weighted by Gasteiger charge is 2.29. The predicted molar refractivity (Wildman–Crippen MR) is 104 cm³/mol. The second kappa shape index (κ2) is 8.33. The van der Waals surface area contributed by atoms with E-state index in [2.05, 4.69) is 0 Å². The largest absolute Gasteiger partial charge is 0.508 e. The van der Waals surface area contributed by atoms with Crippen LogP contribution in [0.15, 0.2) is 36.4 Å². The number of aliphatic hydroxyl groups excluding tert-OH is 1. The van der Waals surface area contributed by atoms with Crippen LogP contribution in [0, 0.1) is 0 Å². The number of aromatic hydroxyl groups is 3. The number of phenols is 3. The predicted octanol–water partition coefficient (Wildman–Crippen LogP) is 2.38. The van der Waals surface area contributed by atoms with E-state index in [1.165, 1.54) is 51.3 Å². The molecule has 7 heteroatoms. The zero-order valence-corrected chi connectivity index (χ0v) is 15.9. The topological polar surface area (TPSA) is 127 Å². The van der Waals surface area contributed by atoms with Gasteiger partial charge in [-0.1, -0.05) is 18.2 Å². The van der Waals surface area contributed by atoms with Crippen molar-refractivity contribution in [1.82, 2.24) is 0 Å². The fourth-order valence-electron chi connectivity index (χ4n) is 2.56. The second-order valence-corrected chi connectivity index (χ2v) is 6.96.